The van der Waals surface area contributed by atoms with Crippen molar-refractivity contribution in [1.82, 2.24) is 9.97 Å². The lowest BCUT2D eigenvalue weighted by molar-refractivity contribution is 0.666. The summed E-state index contributed by atoms with van der Waals surface area (Å²) < 4.78 is 0. The van der Waals surface area contributed by atoms with Crippen LogP contribution < -0.4 is 5.73 Å². The molecule has 2 aromatic rings. The lowest BCUT2D eigenvalue weighted by Crippen LogP contribution is -2.15. The predicted octanol–water partition coefficient (Wildman–Crippen LogP) is 2.41. The summed E-state index contributed by atoms with van der Waals surface area (Å²) in [6.45, 7) is 4.15. The first kappa shape index (κ1) is 11.1. The van der Waals surface area contributed by atoms with Crippen molar-refractivity contribution in [3.05, 3.63) is 29.6 Å². The fourth-order valence-electron chi connectivity index (χ4n) is 1.83. The van der Waals surface area contributed by atoms with E-state index in [-0.39, 0.29) is 6.04 Å². The van der Waals surface area contributed by atoms with Crippen molar-refractivity contribution in [1.29, 1.82) is 0 Å². The molecule has 3 nitrogen and oxygen atoms in total. The largest absolute Gasteiger partial charge is 0.342 e. The molecule has 0 saturated heterocycles. The van der Waals surface area contributed by atoms with Crippen molar-refractivity contribution in [3.63, 3.8) is 0 Å². The molecule has 1 aromatic heterocycles. The molecule has 0 aliphatic heterocycles. The molecule has 0 fully saturated rings. The standard InChI is InChI=1S/C13H19N3/c1-3-13-15-11-7-6-10(5-4-9(2)14)8-12(11)16-13/h6-9H,3-5,14H2,1-2H3,(H,15,16). The summed E-state index contributed by atoms with van der Waals surface area (Å²) in [6.07, 6.45) is 3.01. The highest BCUT2D eigenvalue weighted by Crippen LogP contribution is 2.15. The number of aromatic nitrogens is 2. The Kier molecular flexibility index (Phi) is 3.25. The number of hydrogen-bond donors (Lipinski definition) is 2. The maximum absolute atomic E-state index is 5.76. The third kappa shape index (κ3) is 2.42. The Balaban J connectivity index is 2.22. The first-order valence-corrected chi connectivity index (χ1v) is 5.92. The van der Waals surface area contributed by atoms with Gasteiger partial charge in [-0.05, 0) is 37.5 Å². The van der Waals surface area contributed by atoms with Gasteiger partial charge in [0, 0.05) is 12.5 Å². The Bertz CT molecular complexity index is 471. The second-order valence-corrected chi connectivity index (χ2v) is 4.40. The van der Waals surface area contributed by atoms with Crippen LogP contribution >= 0.6 is 0 Å². The Hall–Kier alpha value is -1.35. The SMILES string of the molecule is CCc1nc2ccc(CCC(C)N)cc2[nH]1. The number of aromatic amines is 1. The zero-order valence-corrected chi connectivity index (χ0v) is 9.96. The summed E-state index contributed by atoms with van der Waals surface area (Å²) in [4.78, 5) is 7.82. The van der Waals surface area contributed by atoms with Crippen LogP contribution in [-0.2, 0) is 12.8 Å². The highest BCUT2D eigenvalue weighted by atomic mass is 14.9. The van der Waals surface area contributed by atoms with E-state index in [0.29, 0.717) is 0 Å². The van der Waals surface area contributed by atoms with E-state index < -0.39 is 0 Å². The molecule has 0 saturated carbocycles. The number of fused-ring (bicyclic) bond motifs is 1. The van der Waals surface area contributed by atoms with Gasteiger partial charge in [-0.1, -0.05) is 13.0 Å². The molecule has 0 spiro atoms. The van der Waals surface area contributed by atoms with E-state index in [2.05, 4.69) is 35.1 Å². The van der Waals surface area contributed by atoms with E-state index in [4.69, 9.17) is 5.73 Å². The quantitative estimate of drug-likeness (QED) is 0.826. The summed E-state index contributed by atoms with van der Waals surface area (Å²) in [5, 5.41) is 0. The highest BCUT2D eigenvalue weighted by molar-refractivity contribution is 5.75. The third-order valence-corrected chi connectivity index (χ3v) is 2.82. The lowest BCUT2D eigenvalue weighted by atomic mass is 10.1. The van der Waals surface area contributed by atoms with E-state index >= 15 is 0 Å². The lowest BCUT2D eigenvalue weighted by Gasteiger charge is -2.04. The van der Waals surface area contributed by atoms with Crippen LogP contribution in [0.5, 0.6) is 0 Å². The van der Waals surface area contributed by atoms with Gasteiger partial charge in [-0.3, -0.25) is 0 Å². The number of nitrogens with two attached hydrogens (primary N) is 1. The number of aryl methyl sites for hydroxylation is 2. The van der Waals surface area contributed by atoms with Gasteiger partial charge < -0.3 is 10.7 Å². The van der Waals surface area contributed by atoms with Crippen LogP contribution in [0.3, 0.4) is 0 Å². The molecule has 1 aromatic carbocycles. The Morgan fingerprint density at radius 2 is 2.25 bits per heavy atom. The number of H-pyrrole nitrogens is 1. The van der Waals surface area contributed by atoms with Crippen molar-refractivity contribution in [2.45, 2.75) is 39.2 Å². The fourth-order valence-corrected chi connectivity index (χ4v) is 1.83. The van der Waals surface area contributed by atoms with Gasteiger partial charge in [0.1, 0.15) is 5.82 Å². The number of benzene rings is 1. The molecule has 3 heteroatoms. The smallest absolute Gasteiger partial charge is 0.106 e. The van der Waals surface area contributed by atoms with Crippen LogP contribution in [-0.4, -0.2) is 16.0 Å². The van der Waals surface area contributed by atoms with E-state index in [1.807, 2.05) is 6.92 Å². The zero-order valence-electron chi connectivity index (χ0n) is 9.96. The van der Waals surface area contributed by atoms with Crippen LogP contribution in [0.25, 0.3) is 11.0 Å². The minimum atomic E-state index is 0.267. The molecular weight excluding hydrogens is 198 g/mol. The van der Waals surface area contributed by atoms with Crippen molar-refractivity contribution >= 4 is 11.0 Å². The van der Waals surface area contributed by atoms with Gasteiger partial charge in [-0.15, -0.1) is 0 Å². The van der Waals surface area contributed by atoms with E-state index in [1.54, 1.807) is 0 Å². The monoisotopic (exact) mass is 217 g/mol. The van der Waals surface area contributed by atoms with Crippen LogP contribution in [0.4, 0.5) is 0 Å². The summed E-state index contributed by atoms with van der Waals surface area (Å²) in [6, 6.07) is 6.68. The first-order valence-electron chi connectivity index (χ1n) is 5.92. The summed E-state index contributed by atoms with van der Waals surface area (Å²) in [5.41, 5.74) is 9.28. The molecule has 0 aliphatic rings. The number of imidazole rings is 1. The van der Waals surface area contributed by atoms with Gasteiger partial charge in [0.25, 0.3) is 0 Å². The van der Waals surface area contributed by atoms with Crippen LogP contribution in [0.1, 0.15) is 31.7 Å². The fraction of sp³-hybridized carbons (Fsp3) is 0.462. The van der Waals surface area contributed by atoms with Gasteiger partial charge in [0.2, 0.25) is 0 Å². The molecule has 1 heterocycles. The van der Waals surface area contributed by atoms with E-state index in [1.165, 1.54) is 5.56 Å². The van der Waals surface area contributed by atoms with Crippen molar-refractivity contribution < 1.29 is 0 Å². The molecule has 16 heavy (non-hydrogen) atoms. The molecule has 0 radical (unpaired) electrons. The van der Waals surface area contributed by atoms with Gasteiger partial charge in [0.15, 0.2) is 0 Å². The second kappa shape index (κ2) is 4.66. The van der Waals surface area contributed by atoms with Crippen molar-refractivity contribution in [2.75, 3.05) is 0 Å². The molecule has 0 bridgehead atoms. The molecule has 1 unspecified atom stereocenters. The average Bonchev–Trinajstić information content (AvgIpc) is 2.68. The summed E-state index contributed by atoms with van der Waals surface area (Å²) in [7, 11) is 0. The second-order valence-electron chi connectivity index (χ2n) is 4.40. The zero-order chi connectivity index (χ0) is 11.5. The Morgan fingerprint density at radius 1 is 1.44 bits per heavy atom. The van der Waals surface area contributed by atoms with Crippen molar-refractivity contribution in [2.24, 2.45) is 5.73 Å². The van der Waals surface area contributed by atoms with E-state index in [0.717, 1.165) is 36.1 Å². The van der Waals surface area contributed by atoms with Crippen molar-refractivity contribution in [3.8, 4) is 0 Å². The number of rotatable bonds is 4. The number of hydrogen-bond acceptors (Lipinski definition) is 2. The maximum atomic E-state index is 5.76. The predicted molar refractivity (Wildman–Crippen MR) is 67.4 cm³/mol. The van der Waals surface area contributed by atoms with Gasteiger partial charge in [-0.2, -0.15) is 0 Å². The highest BCUT2D eigenvalue weighted by Gasteiger charge is 2.03. The Labute approximate surface area is 96.1 Å². The van der Waals surface area contributed by atoms with Gasteiger partial charge in [0.05, 0.1) is 11.0 Å². The Morgan fingerprint density at radius 3 is 2.94 bits per heavy atom. The number of nitrogens with one attached hydrogen (secondary N) is 1. The van der Waals surface area contributed by atoms with Gasteiger partial charge in [-0.25, -0.2) is 4.98 Å². The van der Waals surface area contributed by atoms with Crippen LogP contribution in [0, 0.1) is 0 Å². The topological polar surface area (TPSA) is 54.7 Å². The third-order valence-electron chi connectivity index (χ3n) is 2.82. The first-order chi connectivity index (χ1) is 7.69. The molecule has 3 N–H and O–H groups in total. The molecular formula is C13H19N3. The van der Waals surface area contributed by atoms with Crippen LogP contribution in [0.15, 0.2) is 18.2 Å². The van der Waals surface area contributed by atoms with Gasteiger partial charge >= 0.3 is 0 Å². The maximum Gasteiger partial charge on any atom is 0.106 e. The summed E-state index contributed by atoms with van der Waals surface area (Å²) in [5.74, 6) is 1.05. The normalized spacial score (nSPS) is 13.2. The molecule has 86 valence electrons. The molecule has 1 atom stereocenters. The average molecular weight is 217 g/mol. The van der Waals surface area contributed by atoms with E-state index in [9.17, 15) is 0 Å². The minimum Gasteiger partial charge on any atom is -0.342 e. The molecule has 0 amide bonds. The van der Waals surface area contributed by atoms with Crippen LogP contribution in [0.2, 0.25) is 0 Å². The number of nitrogens with zero attached hydrogens (tertiary/aromatic N) is 1. The minimum absolute atomic E-state index is 0.267. The summed E-state index contributed by atoms with van der Waals surface area (Å²) >= 11 is 0. The molecule has 0 aliphatic carbocycles. The molecule has 2 rings (SSSR count).